The highest BCUT2D eigenvalue weighted by atomic mass is 16.6. The van der Waals surface area contributed by atoms with Crippen molar-refractivity contribution in [3.8, 4) is 11.5 Å². The van der Waals surface area contributed by atoms with Gasteiger partial charge in [0, 0.05) is 11.6 Å². The number of fused-ring (bicyclic) bond motifs is 1. The van der Waals surface area contributed by atoms with Gasteiger partial charge in [-0.25, -0.2) is 4.79 Å². The Labute approximate surface area is 110 Å². The van der Waals surface area contributed by atoms with Crippen LogP contribution in [0.3, 0.4) is 0 Å². The third kappa shape index (κ3) is 3.34. The van der Waals surface area contributed by atoms with E-state index in [9.17, 15) is 9.59 Å². The zero-order valence-corrected chi connectivity index (χ0v) is 10.5. The lowest BCUT2D eigenvalue weighted by atomic mass is 10.1. The summed E-state index contributed by atoms with van der Waals surface area (Å²) in [5.41, 5.74) is 0.435. The molecule has 1 aromatic rings. The second-order valence-corrected chi connectivity index (χ2v) is 3.81. The van der Waals surface area contributed by atoms with Gasteiger partial charge < -0.3 is 14.2 Å². The number of rotatable bonds is 4. The monoisotopic (exact) mass is 262 g/mol. The standard InChI is InChI=1S/C14H14O5/c1-2-17-14(16)6-4-11(15)10-3-5-12-13(9-10)19-8-7-18-12/h3-6,9H,2,7-8H2,1H3/b6-4+. The minimum absolute atomic E-state index is 0.279. The van der Waals surface area contributed by atoms with Crippen molar-refractivity contribution in [2.75, 3.05) is 19.8 Å². The highest BCUT2D eigenvalue weighted by Gasteiger charge is 2.13. The first-order valence-electron chi connectivity index (χ1n) is 5.99. The average molecular weight is 262 g/mol. The van der Waals surface area contributed by atoms with Crippen LogP contribution in [0.25, 0.3) is 0 Å². The normalized spacial score (nSPS) is 13.3. The highest BCUT2D eigenvalue weighted by Crippen LogP contribution is 2.30. The first-order valence-corrected chi connectivity index (χ1v) is 5.99. The Kier molecular flexibility index (Phi) is 4.18. The predicted molar refractivity (Wildman–Crippen MR) is 67.5 cm³/mol. The molecule has 0 saturated heterocycles. The van der Waals surface area contributed by atoms with Crippen molar-refractivity contribution < 1.29 is 23.8 Å². The van der Waals surface area contributed by atoms with Crippen LogP contribution in [0.15, 0.2) is 30.4 Å². The molecular formula is C14H14O5. The van der Waals surface area contributed by atoms with E-state index >= 15 is 0 Å². The number of carbonyl (C=O) groups is 2. The molecular weight excluding hydrogens is 248 g/mol. The van der Waals surface area contributed by atoms with Crippen molar-refractivity contribution in [3.63, 3.8) is 0 Å². The van der Waals surface area contributed by atoms with Gasteiger partial charge in [-0.15, -0.1) is 0 Å². The molecule has 0 unspecified atom stereocenters. The molecule has 2 rings (SSSR count). The van der Waals surface area contributed by atoms with E-state index in [1.165, 1.54) is 6.08 Å². The molecule has 0 amide bonds. The lowest BCUT2D eigenvalue weighted by Gasteiger charge is -2.18. The fourth-order valence-electron chi connectivity index (χ4n) is 1.63. The van der Waals surface area contributed by atoms with E-state index in [0.717, 1.165) is 6.08 Å². The van der Waals surface area contributed by atoms with Crippen LogP contribution in [-0.2, 0) is 9.53 Å². The van der Waals surface area contributed by atoms with E-state index in [4.69, 9.17) is 14.2 Å². The van der Waals surface area contributed by atoms with E-state index in [0.29, 0.717) is 30.3 Å². The molecule has 5 heteroatoms. The van der Waals surface area contributed by atoms with E-state index in [2.05, 4.69) is 0 Å². The summed E-state index contributed by atoms with van der Waals surface area (Å²) < 4.78 is 15.4. The minimum Gasteiger partial charge on any atom is -0.486 e. The molecule has 0 atom stereocenters. The number of esters is 1. The SMILES string of the molecule is CCOC(=O)/C=C/C(=O)c1ccc2c(c1)OCCO2. The summed E-state index contributed by atoms with van der Waals surface area (Å²) in [6.07, 6.45) is 2.30. The van der Waals surface area contributed by atoms with Gasteiger partial charge in [-0.3, -0.25) is 4.79 Å². The van der Waals surface area contributed by atoms with E-state index in [1.54, 1.807) is 25.1 Å². The van der Waals surface area contributed by atoms with Gasteiger partial charge in [0.05, 0.1) is 6.61 Å². The van der Waals surface area contributed by atoms with Gasteiger partial charge >= 0.3 is 5.97 Å². The molecule has 0 aliphatic carbocycles. The molecule has 1 aliphatic heterocycles. The van der Waals surface area contributed by atoms with E-state index in [-0.39, 0.29) is 12.4 Å². The van der Waals surface area contributed by atoms with Gasteiger partial charge in [0.15, 0.2) is 17.3 Å². The molecule has 0 bridgehead atoms. The van der Waals surface area contributed by atoms with Crippen LogP contribution in [0.4, 0.5) is 0 Å². The number of ketones is 1. The van der Waals surface area contributed by atoms with Crippen molar-refractivity contribution in [3.05, 3.63) is 35.9 Å². The summed E-state index contributed by atoms with van der Waals surface area (Å²) in [7, 11) is 0. The second kappa shape index (κ2) is 6.04. The quantitative estimate of drug-likeness (QED) is 0.470. The summed E-state index contributed by atoms with van der Waals surface area (Å²) in [5, 5.41) is 0. The number of hydrogen-bond donors (Lipinski definition) is 0. The Morgan fingerprint density at radius 1 is 1.21 bits per heavy atom. The predicted octanol–water partition coefficient (Wildman–Crippen LogP) is 1.76. The Bertz CT molecular complexity index is 519. The summed E-state index contributed by atoms with van der Waals surface area (Å²) in [6.45, 7) is 2.95. The lowest BCUT2D eigenvalue weighted by Crippen LogP contribution is -2.15. The number of allylic oxidation sites excluding steroid dienone is 1. The number of carbonyl (C=O) groups excluding carboxylic acids is 2. The van der Waals surface area contributed by atoms with Crippen LogP contribution in [0.2, 0.25) is 0 Å². The van der Waals surface area contributed by atoms with Gasteiger partial charge in [0.25, 0.3) is 0 Å². The van der Waals surface area contributed by atoms with E-state index < -0.39 is 5.97 Å². The van der Waals surface area contributed by atoms with Gasteiger partial charge in [0.1, 0.15) is 13.2 Å². The first-order chi connectivity index (χ1) is 9.20. The molecule has 0 fully saturated rings. The van der Waals surface area contributed by atoms with Crippen molar-refractivity contribution in [1.82, 2.24) is 0 Å². The summed E-state index contributed by atoms with van der Waals surface area (Å²) in [6, 6.07) is 4.91. The average Bonchev–Trinajstić information content (AvgIpc) is 2.44. The zero-order chi connectivity index (χ0) is 13.7. The summed E-state index contributed by atoms with van der Waals surface area (Å²) >= 11 is 0. The van der Waals surface area contributed by atoms with E-state index in [1.807, 2.05) is 0 Å². The van der Waals surface area contributed by atoms with Gasteiger partial charge in [-0.1, -0.05) is 0 Å². The number of ether oxygens (including phenoxy) is 3. The molecule has 0 N–H and O–H groups in total. The maximum atomic E-state index is 11.8. The van der Waals surface area contributed by atoms with Crippen molar-refractivity contribution in [1.29, 1.82) is 0 Å². The summed E-state index contributed by atoms with van der Waals surface area (Å²) in [5.74, 6) is 0.345. The number of hydrogen-bond acceptors (Lipinski definition) is 5. The van der Waals surface area contributed by atoms with Crippen LogP contribution in [0, 0.1) is 0 Å². The van der Waals surface area contributed by atoms with Crippen LogP contribution >= 0.6 is 0 Å². The van der Waals surface area contributed by atoms with Gasteiger partial charge in [-0.2, -0.15) is 0 Å². The largest absolute Gasteiger partial charge is 0.486 e. The topological polar surface area (TPSA) is 61.8 Å². The van der Waals surface area contributed by atoms with Crippen LogP contribution in [-0.4, -0.2) is 31.6 Å². The molecule has 0 spiro atoms. The maximum absolute atomic E-state index is 11.8. The molecule has 5 nitrogen and oxygen atoms in total. The molecule has 1 aliphatic rings. The molecule has 0 saturated carbocycles. The highest BCUT2D eigenvalue weighted by molar-refractivity contribution is 6.07. The fraction of sp³-hybridized carbons (Fsp3) is 0.286. The molecule has 0 radical (unpaired) electrons. The smallest absolute Gasteiger partial charge is 0.330 e. The lowest BCUT2D eigenvalue weighted by molar-refractivity contribution is -0.137. The Morgan fingerprint density at radius 2 is 1.95 bits per heavy atom. The van der Waals surface area contributed by atoms with Crippen molar-refractivity contribution in [2.45, 2.75) is 6.92 Å². The third-order valence-corrected chi connectivity index (χ3v) is 2.48. The maximum Gasteiger partial charge on any atom is 0.330 e. The number of benzene rings is 1. The van der Waals surface area contributed by atoms with Crippen molar-refractivity contribution >= 4 is 11.8 Å². The fourth-order valence-corrected chi connectivity index (χ4v) is 1.63. The minimum atomic E-state index is -0.534. The zero-order valence-electron chi connectivity index (χ0n) is 10.5. The first kappa shape index (κ1) is 13.1. The Hall–Kier alpha value is -2.30. The van der Waals surface area contributed by atoms with Crippen molar-refractivity contribution in [2.24, 2.45) is 0 Å². The molecule has 1 heterocycles. The van der Waals surface area contributed by atoms with Crippen LogP contribution in [0.5, 0.6) is 11.5 Å². The molecule has 19 heavy (non-hydrogen) atoms. The Balaban J connectivity index is 2.09. The summed E-state index contributed by atoms with van der Waals surface area (Å²) in [4.78, 5) is 23.0. The molecule has 1 aromatic carbocycles. The Morgan fingerprint density at radius 3 is 2.68 bits per heavy atom. The van der Waals surface area contributed by atoms with Crippen LogP contribution < -0.4 is 9.47 Å². The van der Waals surface area contributed by atoms with Gasteiger partial charge in [-0.05, 0) is 31.2 Å². The third-order valence-electron chi connectivity index (χ3n) is 2.48. The molecule has 100 valence electrons. The van der Waals surface area contributed by atoms with Gasteiger partial charge in [0.2, 0.25) is 0 Å². The molecule has 0 aromatic heterocycles. The second-order valence-electron chi connectivity index (χ2n) is 3.81. The van der Waals surface area contributed by atoms with Crippen LogP contribution in [0.1, 0.15) is 17.3 Å².